The van der Waals surface area contributed by atoms with Crippen LogP contribution in [0.15, 0.2) is 65.8 Å². The summed E-state index contributed by atoms with van der Waals surface area (Å²) in [5, 5.41) is 19.8. The van der Waals surface area contributed by atoms with E-state index >= 15 is 0 Å². The summed E-state index contributed by atoms with van der Waals surface area (Å²) in [4.78, 5) is 7.01. The number of aliphatic hydroxyl groups excluding tert-OH is 1. The molecule has 2 aromatic carbocycles. The Morgan fingerprint density at radius 1 is 0.897 bits per heavy atom. The van der Waals surface area contributed by atoms with Crippen molar-refractivity contribution in [3.8, 4) is 22.5 Å². The van der Waals surface area contributed by atoms with Gasteiger partial charge in [0.1, 0.15) is 11.4 Å². The highest BCUT2D eigenvalue weighted by Crippen LogP contribution is 2.29. The Morgan fingerprint density at radius 3 is 2.17 bits per heavy atom. The van der Waals surface area contributed by atoms with Crippen LogP contribution in [0.1, 0.15) is 0 Å². The van der Waals surface area contributed by atoms with Gasteiger partial charge >= 0.3 is 0 Å². The van der Waals surface area contributed by atoms with Crippen molar-refractivity contribution in [1.29, 1.82) is 0 Å². The Bertz CT molecular complexity index is 905. The second-order valence-electron chi connectivity index (χ2n) is 6.90. The van der Waals surface area contributed by atoms with Crippen LogP contribution in [-0.2, 0) is 4.74 Å². The van der Waals surface area contributed by atoms with Crippen LogP contribution in [-0.4, -0.2) is 69.9 Å². The quantitative estimate of drug-likeness (QED) is 0.603. The molecule has 6 nitrogen and oxygen atoms in total. The molecule has 3 aromatic rings. The molecule has 0 radical (unpaired) electrons. The molecule has 1 fully saturated rings. The standard InChI is InChI=1S/C22H24N4O2S/c27-19(15-26-11-13-28-14-12-26)16-29-22-23-20(17-7-3-1-4-8-17)21(24-25-22)18-9-5-2-6-10-18/h1-10,19,27H,11-16H2. The molecule has 1 saturated heterocycles. The maximum atomic E-state index is 10.4. The number of hydrogen-bond acceptors (Lipinski definition) is 7. The van der Waals surface area contributed by atoms with Crippen molar-refractivity contribution in [1.82, 2.24) is 20.1 Å². The number of benzene rings is 2. The SMILES string of the molecule is OC(CSc1nnc(-c2ccccc2)c(-c2ccccc2)n1)CN1CCOCC1. The summed E-state index contributed by atoms with van der Waals surface area (Å²) in [6, 6.07) is 20.0. The number of thioether (sulfide) groups is 1. The second-order valence-corrected chi connectivity index (χ2v) is 7.89. The zero-order valence-corrected chi connectivity index (χ0v) is 17.0. The van der Waals surface area contributed by atoms with Crippen molar-refractivity contribution < 1.29 is 9.84 Å². The smallest absolute Gasteiger partial charge is 0.209 e. The van der Waals surface area contributed by atoms with E-state index < -0.39 is 6.10 Å². The van der Waals surface area contributed by atoms with E-state index in [1.165, 1.54) is 11.8 Å². The Morgan fingerprint density at radius 2 is 1.52 bits per heavy atom. The van der Waals surface area contributed by atoms with Gasteiger partial charge in [-0.05, 0) is 0 Å². The number of hydrogen-bond donors (Lipinski definition) is 1. The molecule has 1 aliphatic rings. The first kappa shape index (κ1) is 20.0. The summed E-state index contributed by atoms with van der Waals surface area (Å²) in [7, 11) is 0. The highest BCUT2D eigenvalue weighted by molar-refractivity contribution is 7.99. The third-order valence-corrected chi connectivity index (χ3v) is 5.72. The number of rotatable bonds is 7. The lowest BCUT2D eigenvalue weighted by Crippen LogP contribution is -2.41. The number of nitrogens with zero attached hydrogens (tertiary/aromatic N) is 4. The summed E-state index contributed by atoms with van der Waals surface area (Å²) in [6.45, 7) is 3.83. The fourth-order valence-corrected chi connectivity index (χ4v) is 3.97. The molecule has 150 valence electrons. The predicted molar refractivity (Wildman–Crippen MR) is 115 cm³/mol. The van der Waals surface area contributed by atoms with Crippen molar-refractivity contribution in [2.24, 2.45) is 0 Å². The fourth-order valence-electron chi connectivity index (χ4n) is 3.27. The van der Waals surface area contributed by atoms with Crippen LogP contribution >= 0.6 is 11.8 Å². The molecule has 1 unspecified atom stereocenters. The van der Waals surface area contributed by atoms with Crippen LogP contribution in [0.5, 0.6) is 0 Å². The third kappa shape index (κ3) is 5.39. The van der Waals surface area contributed by atoms with E-state index in [1.807, 2.05) is 60.7 Å². The summed E-state index contributed by atoms with van der Waals surface area (Å²) < 4.78 is 5.36. The summed E-state index contributed by atoms with van der Waals surface area (Å²) in [5.74, 6) is 0.526. The minimum Gasteiger partial charge on any atom is -0.391 e. The van der Waals surface area contributed by atoms with E-state index in [1.54, 1.807) is 0 Å². The largest absolute Gasteiger partial charge is 0.391 e. The molecule has 0 spiro atoms. The first-order chi connectivity index (χ1) is 14.3. The molecule has 0 bridgehead atoms. The van der Waals surface area contributed by atoms with E-state index in [-0.39, 0.29) is 0 Å². The van der Waals surface area contributed by atoms with Crippen LogP contribution in [0.2, 0.25) is 0 Å². The van der Waals surface area contributed by atoms with Gasteiger partial charge in [0.2, 0.25) is 5.16 Å². The van der Waals surface area contributed by atoms with Crippen LogP contribution in [0, 0.1) is 0 Å². The Kier molecular flexibility index (Phi) is 6.84. The van der Waals surface area contributed by atoms with Gasteiger partial charge in [-0.3, -0.25) is 4.90 Å². The topological polar surface area (TPSA) is 71.4 Å². The van der Waals surface area contributed by atoms with Gasteiger partial charge < -0.3 is 9.84 Å². The van der Waals surface area contributed by atoms with Gasteiger partial charge in [-0.25, -0.2) is 4.98 Å². The first-order valence-corrected chi connectivity index (χ1v) is 10.7. The average Bonchev–Trinajstić information content (AvgIpc) is 2.79. The lowest BCUT2D eigenvalue weighted by Gasteiger charge is -2.28. The molecule has 1 N–H and O–H groups in total. The molecule has 7 heteroatoms. The molecule has 1 aliphatic heterocycles. The molecule has 1 atom stereocenters. The van der Waals surface area contributed by atoms with Gasteiger partial charge in [0.15, 0.2) is 0 Å². The molecular formula is C22H24N4O2S. The zero-order valence-electron chi connectivity index (χ0n) is 16.1. The zero-order chi connectivity index (χ0) is 19.9. The molecule has 0 saturated carbocycles. The molecule has 1 aromatic heterocycles. The van der Waals surface area contributed by atoms with E-state index in [4.69, 9.17) is 9.72 Å². The minimum absolute atomic E-state index is 0.448. The third-order valence-electron chi connectivity index (χ3n) is 4.74. The van der Waals surface area contributed by atoms with Crippen LogP contribution in [0.25, 0.3) is 22.5 Å². The molecule has 2 heterocycles. The van der Waals surface area contributed by atoms with E-state index in [9.17, 15) is 5.11 Å². The van der Waals surface area contributed by atoms with E-state index in [0.717, 1.165) is 48.8 Å². The van der Waals surface area contributed by atoms with Crippen LogP contribution < -0.4 is 0 Å². The highest BCUT2D eigenvalue weighted by Gasteiger charge is 2.17. The van der Waals surface area contributed by atoms with Crippen molar-refractivity contribution in [3.63, 3.8) is 0 Å². The average molecular weight is 409 g/mol. The van der Waals surface area contributed by atoms with Gasteiger partial charge in [0.25, 0.3) is 0 Å². The van der Waals surface area contributed by atoms with Crippen LogP contribution in [0.3, 0.4) is 0 Å². The van der Waals surface area contributed by atoms with E-state index in [0.29, 0.717) is 17.5 Å². The predicted octanol–water partition coefficient (Wildman–Crippen LogP) is 2.99. The van der Waals surface area contributed by atoms with Gasteiger partial charge in [-0.1, -0.05) is 72.4 Å². The fraction of sp³-hybridized carbons (Fsp3) is 0.318. The molecule has 0 aliphatic carbocycles. The molecular weight excluding hydrogens is 384 g/mol. The number of aliphatic hydroxyl groups is 1. The normalized spacial score (nSPS) is 15.9. The maximum absolute atomic E-state index is 10.4. The van der Waals surface area contributed by atoms with Crippen LogP contribution in [0.4, 0.5) is 0 Å². The summed E-state index contributed by atoms with van der Waals surface area (Å²) in [6.07, 6.45) is -0.448. The Balaban J connectivity index is 1.51. The lowest BCUT2D eigenvalue weighted by atomic mass is 10.0. The Labute approximate surface area is 175 Å². The van der Waals surface area contributed by atoms with Crippen molar-refractivity contribution in [3.05, 3.63) is 60.7 Å². The van der Waals surface area contributed by atoms with Crippen molar-refractivity contribution in [2.75, 3.05) is 38.6 Å². The Hall–Kier alpha value is -2.32. The second kappa shape index (κ2) is 9.93. The number of ether oxygens (including phenoxy) is 1. The number of aromatic nitrogens is 3. The molecule has 0 amide bonds. The van der Waals surface area contributed by atoms with E-state index in [2.05, 4.69) is 15.1 Å². The number of β-amino-alcohol motifs (C(OH)–C–C–N with tert-alkyl or cyclic N) is 1. The lowest BCUT2D eigenvalue weighted by molar-refractivity contribution is 0.0188. The molecule has 29 heavy (non-hydrogen) atoms. The first-order valence-electron chi connectivity index (χ1n) is 9.76. The number of morpholine rings is 1. The monoisotopic (exact) mass is 408 g/mol. The van der Waals surface area contributed by atoms with Crippen molar-refractivity contribution in [2.45, 2.75) is 11.3 Å². The minimum atomic E-state index is -0.448. The van der Waals surface area contributed by atoms with Gasteiger partial charge in [0.05, 0.1) is 19.3 Å². The van der Waals surface area contributed by atoms with Gasteiger partial charge in [0, 0.05) is 36.5 Å². The summed E-state index contributed by atoms with van der Waals surface area (Å²) >= 11 is 1.44. The summed E-state index contributed by atoms with van der Waals surface area (Å²) in [5.41, 5.74) is 3.54. The van der Waals surface area contributed by atoms with Crippen molar-refractivity contribution >= 4 is 11.8 Å². The molecule has 4 rings (SSSR count). The maximum Gasteiger partial charge on any atom is 0.209 e. The van der Waals surface area contributed by atoms with Gasteiger partial charge in [-0.2, -0.15) is 0 Å². The van der Waals surface area contributed by atoms with Gasteiger partial charge in [-0.15, -0.1) is 10.2 Å². The highest BCUT2D eigenvalue weighted by atomic mass is 32.2.